The number of fused-ring (bicyclic) bond motifs is 1. The second-order valence-corrected chi connectivity index (χ2v) is 17.7. The molecule has 0 radical (unpaired) electrons. The van der Waals surface area contributed by atoms with Crippen LogP contribution in [0.15, 0.2) is 124 Å². The second kappa shape index (κ2) is 17.5. The maximum absolute atomic E-state index is 13.3. The summed E-state index contributed by atoms with van der Waals surface area (Å²) in [6, 6.07) is 31.9. The van der Waals surface area contributed by atoms with Gasteiger partial charge in [-0.1, -0.05) is 72.3 Å². The molecule has 1 saturated heterocycles. The third-order valence-corrected chi connectivity index (χ3v) is 12.9. The van der Waals surface area contributed by atoms with Gasteiger partial charge in [-0.05, 0) is 60.0 Å². The number of aromatic amines is 1. The Labute approximate surface area is 340 Å². The minimum Gasteiger partial charge on any atom is -0.497 e. The molecule has 0 aliphatic carbocycles. The predicted molar refractivity (Wildman–Crippen MR) is 222 cm³/mol. The van der Waals surface area contributed by atoms with E-state index in [4.69, 9.17) is 23.7 Å². The summed E-state index contributed by atoms with van der Waals surface area (Å²) in [6.07, 6.45) is 1.20. The molecule has 0 bridgehead atoms. The summed E-state index contributed by atoms with van der Waals surface area (Å²) in [5.41, 5.74) is 2.23. The standard InChI is InChI=1S/C42H44N6O8S2/c1-28-11-21-34(22-12-28)58(50,51)57-27-54-35-23-37(48-26-43-38-39(48)45-41(46-40(38)49)44-25-47(2)3)56-36(35)24-55-42(29-9-7-6-8-10-29,30-13-17-32(52-4)18-14-30)31-15-19-33(53-5)20-16-31/h6-22,25-26,35-37H,23-24,27H2,1-5H3,(H,45,46,49)/t35?,36-,37-/m1/s1. The van der Waals surface area contributed by atoms with Crippen molar-refractivity contribution >= 4 is 43.1 Å². The first kappa shape index (κ1) is 40.7. The Bertz CT molecular complexity index is 2460. The number of methoxy groups -OCH3 is 2. The lowest BCUT2D eigenvalue weighted by Gasteiger charge is -2.37. The summed E-state index contributed by atoms with van der Waals surface area (Å²) in [5.74, 6) is 1.29. The van der Waals surface area contributed by atoms with Crippen LogP contribution >= 0.6 is 10.8 Å². The summed E-state index contributed by atoms with van der Waals surface area (Å²) < 4.78 is 59.6. The Morgan fingerprint density at radius 2 is 1.55 bits per heavy atom. The highest BCUT2D eigenvalue weighted by atomic mass is 33.1. The molecule has 0 spiro atoms. The van der Waals surface area contributed by atoms with E-state index in [1.165, 1.54) is 12.7 Å². The van der Waals surface area contributed by atoms with E-state index in [0.717, 1.165) is 22.3 Å². The van der Waals surface area contributed by atoms with Crippen molar-refractivity contribution in [1.82, 2.24) is 24.4 Å². The van der Waals surface area contributed by atoms with E-state index >= 15 is 0 Å². The number of aromatic nitrogens is 4. The molecule has 2 aromatic heterocycles. The Kier molecular flexibility index (Phi) is 12.3. The van der Waals surface area contributed by atoms with Crippen molar-refractivity contribution in [3.05, 3.63) is 142 Å². The number of imidazole rings is 1. The first-order valence-electron chi connectivity index (χ1n) is 18.4. The van der Waals surface area contributed by atoms with Crippen molar-refractivity contribution in [3.63, 3.8) is 0 Å². The van der Waals surface area contributed by atoms with Crippen molar-refractivity contribution < 1.29 is 32.1 Å². The van der Waals surface area contributed by atoms with Crippen LogP contribution in [0, 0.1) is 6.92 Å². The minimum absolute atomic E-state index is 0.00250. The van der Waals surface area contributed by atoms with E-state index in [1.54, 1.807) is 62.0 Å². The lowest BCUT2D eigenvalue weighted by molar-refractivity contribution is -0.0991. The molecular formula is C42H44N6O8S2. The maximum atomic E-state index is 13.3. The van der Waals surface area contributed by atoms with Gasteiger partial charge < -0.3 is 28.6 Å². The molecule has 1 fully saturated rings. The highest BCUT2D eigenvalue weighted by molar-refractivity contribution is 8.72. The number of aliphatic imine (C=N–C) groups is 1. The quantitative estimate of drug-likeness (QED) is 0.0376. The molecule has 14 nitrogen and oxygen atoms in total. The molecular weight excluding hydrogens is 781 g/mol. The fraction of sp³-hybridized carbons (Fsp3) is 0.286. The summed E-state index contributed by atoms with van der Waals surface area (Å²) in [4.78, 5) is 30.8. The number of aryl methyl sites for hydroxylation is 1. The molecule has 3 heterocycles. The third-order valence-electron chi connectivity index (χ3n) is 9.75. The van der Waals surface area contributed by atoms with E-state index in [0.29, 0.717) is 22.3 Å². The first-order valence-corrected chi connectivity index (χ1v) is 21.4. The van der Waals surface area contributed by atoms with Crippen LogP contribution in [-0.2, 0) is 28.7 Å². The van der Waals surface area contributed by atoms with Gasteiger partial charge in [0, 0.05) is 31.3 Å². The average molecular weight is 825 g/mol. The molecule has 7 rings (SSSR count). The average Bonchev–Trinajstić information content (AvgIpc) is 3.85. The fourth-order valence-electron chi connectivity index (χ4n) is 6.79. The lowest BCUT2D eigenvalue weighted by Crippen LogP contribution is -2.38. The zero-order chi connectivity index (χ0) is 40.9. The van der Waals surface area contributed by atoms with Gasteiger partial charge in [0.15, 0.2) is 11.2 Å². The highest BCUT2D eigenvalue weighted by Gasteiger charge is 2.43. The van der Waals surface area contributed by atoms with Crippen molar-refractivity contribution in [2.75, 3.05) is 40.9 Å². The normalized spacial score (nSPS) is 17.2. The van der Waals surface area contributed by atoms with Crippen LogP contribution in [0.3, 0.4) is 0 Å². The van der Waals surface area contributed by atoms with E-state index in [-0.39, 0.29) is 41.0 Å². The van der Waals surface area contributed by atoms with Crippen LogP contribution in [0.1, 0.15) is 34.9 Å². The summed E-state index contributed by atoms with van der Waals surface area (Å²) in [6.45, 7) is 1.90. The smallest absolute Gasteiger partial charge is 0.280 e. The van der Waals surface area contributed by atoms with Gasteiger partial charge in [0.25, 0.3) is 5.56 Å². The highest BCUT2D eigenvalue weighted by Crippen LogP contribution is 2.43. The molecule has 1 N–H and O–H groups in total. The molecule has 58 heavy (non-hydrogen) atoms. The first-order chi connectivity index (χ1) is 28.0. The number of rotatable bonds is 16. The number of nitrogens with zero attached hydrogens (tertiary/aromatic N) is 5. The second-order valence-electron chi connectivity index (χ2n) is 13.8. The Hall–Kier alpha value is -5.52. The van der Waals surface area contributed by atoms with Gasteiger partial charge in [0.05, 0.1) is 44.5 Å². The largest absolute Gasteiger partial charge is 0.497 e. The third kappa shape index (κ3) is 8.66. The number of H-pyrrole nitrogens is 1. The van der Waals surface area contributed by atoms with Crippen LogP contribution in [0.4, 0.5) is 5.95 Å². The minimum atomic E-state index is -3.73. The van der Waals surface area contributed by atoms with E-state index in [1.807, 2.05) is 85.8 Å². The molecule has 1 aliphatic heterocycles. The summed E-state index contributed by atoms with van der Waals surface area (Å²) in [5, 5.41) is 0. The van der Waals surface area contributed by atoms with E-state index < -0.39 is 38.5 Å². The number of ether oxygens (including phenoxy) is 5. The van der Waals surface area contributed by atoms with Crippen LogP contribution < -0.4 is 15.0 Å². The maximum Gasteiger partial charge on any atom is 0.280 e. The molecule has 0 saturated carbocycles. The predicted octanol–water partition coefficient (Wildman–Crippen LogP) is 6.43. The summed E-state index contributed by atoms with van der Waals surface area (Å²) in [7, 11) is 3.81. The molecule has 1 unspecified atom stereocenters. The van der Waals surface area contributed by atoms with Crippen LogP contribution in [0.25, 0.3) is 11.2 Å². The fourth-order valence-corrected chi connectivity index (χ4v) is 9.04. The molecule has 302 valence electrons. The molecule has 3 atom stereocenters. The zero-order valence-corrected chi connectivity index (χ0v) is 34.3. The summed E-state index contributed by atoms with van der Waals surface area (Å²) >= 11 is 0. The Balaban J connectivity index is 1.25. The number of nitrogens with one attached hydrogen (secondary N) is 1. The molecule has 1 aliphatic rings. The number of hydrogen-bond acceptors (Lipinski definition) is 12. The topological polar surface area (TPSA) is 159 Å². The van der Waals surface area contributed by atoms with E-state index in [9.17, 15) is 13.2 Å². The van der Waals surface area contributed by atoms with Gasteiger partial charge in [0.1, 0.15) is 35.4 Å². The molecule has 0 amide bonds. The van der Waals surface area contributed by atoms with Crippen LogP contribution in [-0.4, -0.2) is 92.2 Å². The molecule has 4 aromatic carbocycles. The van der Waals surface area contributed by atoms with Crippen LogP contribution in [0.5, 0.6) is 11.5 Å². The van der Waals surface area contributed by atoms with Crippen LogP contribution in [0.2, 0.25) is 0 Å². The Morgan fingerprint density at radius 3 is 2.16 bits per heavy atom. The molecule has 6 aromatic rings. The van der Waals surface area contributed by atoms with Crippen molar-refractivity contribution in [3.8, 4) is 11.5 Å². The van der Waals surface area contributed by atoms with Crippen molar-refractivity contribution in [2.24, 2.45) is 4.99 Å². The van der Waals surface area contributed by atoms with Gasteiger partial charge in [-0.3, -0.25) is 14.3 Å². The van der Waals surface area contributed by atoms with Gasteiger partial charge in [-0.15, -0.1) is 0 Å². The zero-order valence-electron chi connectivity index (χ0n) is 32.6. The number of benzene rings is 4. The van der Waals surface area contributed by atoms with Gasteiger partial charge in [0.2, 0.25) is 14.8 Å². The molecule has 16 heteroatoms. The van der Waals surface area contributed by atoms with Crippen molar-refractivity contribution in [2.45, 2.75) is 42.3 Å². The van der Waals surface area contributed by atoms with Gasteiger partial charge in [-0.2, -0.15) is 4.98 Å². The van der Waals surface area contributed by atoms with Gasteiger partial charge in [-0.25, -0.2) is 18.4 Å². The van der Waals surface area contributed by atoms with E-state index in [2.05, 4.69) is 19.9 Å². The van der Waals surface area contributed by atoms with Crippen molar-refractivity contribution in [1.29, 1.82) is 0 Å². The van der Waals surface area contributed by atoms with Gasteiger partial charge >= 0.3 is 0 Å². The number of hydrogen-bond donors (Lipinski definition) is 1. The monoisotopic (exact) mass is 824 g/mol. The Morgan fingerprint density at radius 1 is 0.931 bits per heavy atom. The lowest BCUT2D eigenvalue weighted by atomic mass is 9.80. The SMILES string of the molecule is COc1ccc(C(OC[C@H]2O[C@@H](n3cnc4c(=O)[nH]c(N=CN(C)C)nc43)CC2OCSS(=O)(=O)c2ccc(C)cc2)(c2ccccc2)c2ccc(OC)cc2)cc1.